The standard InChI is InChI=1S/C24H30BrN3O7/c1-23(2,3)35-17(29)5-4-16(20(26)30)28-11-13-18(21(28)31)15(25)10-14-19(13)34-12-24(14)6-8-27(9-7-24)22(32)33/h10,16H,4-9,11-12H2,1-3H3,(H2,26,30)(H,32,33)/t16-/m0/s1. The molecule has 1 aromatic carbocycles. The minimum absolute atomic E-state index is 0.0516. The average molecular weight is 552 g/mol. The van der Waals surface area contributed by atoms with Crippen molar-refractivity contribution in [2.45, 2.75) is 70.1 Å². The van der Waals surface area contributed by atoms with E-state index in [-0.39, 0.29) is 30.7 Å². The van der Waals surface area contributed by atoms with Crippen LogP contribution in [0.15, 0.2) is 10.5 Å². The van der Waals surface area contributed by atoms with Crippen molar-refractivity contribution < 1.29 is 33.8 Å². The van der Waals surface area contributed by atoms with Gasteiger partial charge in [0.15, 0.2) is 0 Å². The molecule has 190 valence electrons. The molecule has 1 atom stereocenters. The number of ether oxygens (including phenoxy) is 2. The zero-order chi connectivity index (χ0) is 25.7. The Labute approximate surface area is 211 Å². The lowest BCUT2D eigenvalue weighted by atomic mass is 9.74. The third-order valence-electron chi connectivity index (χ3n) is 6.94. The maximum atomic E-state index is 13.4. The number of hydrogen-bond donors (Lipinski definition) is 2. The summed E-state index contributed by atoms with van der Waals surface area (Å²) in [5.41, 5.74) is 6.72. The number of halogens is 1. The number of carbonyl (C=O) groups excluding carboxylic acids is 3. The van der Waals surface area contributed by atoms with Crippen molar-refractivity contribution in [2.24, 2.45) is 5.73 Å². The number of piperidine rings is 1. The number of amides is 3. The monoisotopic (exact) mass is 551 g/mol. The first-order valence-corrected chi connectivity index (χ1v) is 12.4. The highest BCUT2D eigenvalue weighted by Crippen LogP contribution is 2.51. The summed E-state index contributed by atoms with van der Waals surface area (Å²) in [6.07, 6.45) is 0.312. The van der Waals surface area contributed by atoms with Crippen LogP contribution in [0.2, 0.25) is 0 Å². The molecular weight excluding hydrogens is 522 g/mol. The van der Waals surface area contributed by atoms with Gasteiger partial charge in [-0.25, -0.2) is 4.79 Å². The fraction of sp³-hybridized carbons (Fsp3) is 0.583. The van der Waals surface area contributed by atoms with Crippen LogP contribution in [0, 0.1) is 0 Å². The molecule has 0 aliphatic carbocycles. The van der Waals surface area contributed by atoms with Gasteiger partial charge in [-0.05, 0) is 62.0 Å². The van der Waals surface area contributed by atoms with Gasteiger partial charge in [0.2, 0.25) is 5.91 Å². The van der Waals surface area contributed by atoms with Crippen LogP contribution in [0.5, 0.6) is 5.75 Å². The first-order valence-electron chi connectivity index (χ1n) is 11.6. The largest absolute Gasteiger partial charge is 0.492 e. The molecule has 1 fully saturated rings. The van der Waals surface area contributed by atoms with Gasteiger partial charge in [0.1, 0.15) is 17.4 Å². The van der Waals surface area contributed by atoms with Crippen molar-refractivity contribution in [3.8, 4) is 5.75 Å². The third kappa shape index (κ3) is 4.70. The van der Waals surface area contributed by atoms with E-state index in [1.54, 1.807) is 20.8 Å². The molecule has 10 nitrogen and oxygen atoms in total. The minimum atomic E-state index is -0.973. The molecule has 3 N–H and O–H groups in total. The predicted molar refractivity (Wildman–Crippen MR) is 128 cm³/mol. The number of esters is 1. The SMILES string of the molecule is CC(C)(C)OC(=O)CC[C@@H](C(N)=O)N1Cc2c3c(cc(Br)c2C1=O)C1(CCN(C(=O)O)CC1)CO3. The van der Waals surface area contributed by atoms with E-state index in [2.05, 4.69) is 15.9 Å². The molecule has 3 heterocycles. The summed E-state index contributed by atoms with van der Waals surface area (Å²) in [5, 5.41) is 9.30. The molecule has 0 saturated carbocycles. The normalized spacial score (nSPS) is 19.3. The van der Waals surface area contributed by atoms with Crippen molar-refractivity contribution in [1.29, 1.82) is 0 Å². The van der Waals surface area contributed by atoms with Crippen LogP contribution in [-0.4, -0.2) is 70.1 Å². The Morgan fingerprint density at radius 3 is 2.51 bits per heavy atom. The van der Waals surface area contributed by atoms with E-state index in [1.807, 2.05) is 6.07 Å². The fourth-order valence-corrected chi connectivity index (χ4v) is 5.83. The number of likely N-dealkylation sites (tertiary alicyclic amines) is 1. The lowest BCUT2D eigenvalue weighted by molar-refractivity contribution is -0.155. The topological polar surface area (TPSA) is 139 Å². The van der Waals surface area contributed by atoms with E-state index in [0.717, 1.165) is 5.56 Å². The van der Waals surface area contributed by atoms with Gasteiger partial charge in [-0.3, -0.25) is 14.4 Å². The van der Waals surface area contributed by atoms with Crippen molar-refractivity contribution in [3.05, 3.63) is 27.2 Å². The zero-order valence-electron chi connectivity index (χ0n) is 20.1. The highest BCUT2D eigenvalue weighted by Gasteiger charge is 2.48. The number of carboxylic acid groups (broad SMARTS) is 1. The second-order valence-electron chi connectivity index (χ2n) is 10.4. The Hall–Kier alpha value is -2.82. The summed E-state index contributed by atoms with van der Waals surface area (Å²) >= 11 is 3.54. The molecule has 35 heavy (non-hydrogen) atoms. The van der Waals surface area contributed by atoms with E-state index in [1.165, 1.54) is 9.80 Å². The molecule has 3 amide bonds. The van der Waals surface area contributed by atoms with Crippen molar-refractivity contribution in [1.82, 2.24) is 9.80 Å². The predicted octanol–water partition coefficient (Wildman–Crippen LogP) is 2.78. The molecule has 1 spiro atoms. The van der Waals surface area contributed by atoms with E-state index in [4.69, 9.17) is 15.2 Å². The van der Waals surface area contributed by atoms with Crippen LogP contribution < -0.4 is 10.5 Å². The molecule has 0 aromatic heterocycles. The lowest BCUT2D eigenvalue weighted by Gasteiger charge is -2.37. The Balaban J connectivity index is 1.57. The summed E-state index contributed by atoms with van der Waals surface area (Å²) in [4.78, 5) is 52.0. The van der Waals surface area contributed by atoms with E-state index < -0.39 is 29.6 Å². The number of nitrogens with zero attached hydrogens (tertiary/aromatic N) is 2. The van der Waals surface area contributed by atoms with Crippen LogP contribution in [-0.2, 0) is 26.3 Å². The lowest BCUT2D eigenvalue weighted by Crippen LogP contribution is -2.45. The maximum Gasteiger partial charge on any atom is 0.407 e. The van der Waals surface area contributed by atoms with Gasteiger partial charge in [0.25, 0.3) is 5.91 Å². The smallest absolute Gasteiger partial charge is 0.407 e. The third-order valence-corrected chi connectivity index (χ3v) is 7.56. The molecule has 4 rings (SSSR count). The van der Waals surface area contributed by atoms with E-state index in [0.29, 0.717) is 53.9 Å². The van der Waals surface area contributed by atoms with Gasteiger partial charge < -0.3 is 30.1 Å². The highest BCUT2D eigenvalue weighted by atomic mass is 79.9. The number of nitrogens with two attached hydrogens (primary N) is 1. The number of benzene rings is 1. The van der Waals surface area contributed by atoms with Crippen molar-refractivity contribution in [2.75, 3.05) is 19.7 Å². The van der Waals surface area contributed by atoms with Gasteiger partial charge in [0, 0.05) is 40.5 Å². The van der Waals surface area contributed by atoms with Crippen LogP contribution in [0.1, 0.15) is 67.9 Å². The zero-order valence-corrected chi connectivity index (χ0v) is 21.6. The summed E-state index contributed by atoms with van der Waals surface area (Å²) in [5.74, 6) is -0.889. The number of hydrogen-bond acceptors (Lipinski definition) is 6. The number of primary amides is 1. The summed E-state index contributed by atoms with van der Waals surface area (Å²) in [6, 6.07) is 0.915. The van der Waals surface area contributed by atoms with Crippen LogP contribution in [0.3, 0.4) is 0 Å². The second kappa shape index (κ2) is 9.00. The average Bonchev–Trinajstić information content (AvgIpc) is 3.26. The Morgan fingerprint density at radius 2 is 1.94 bits per heavy atom. The van der Waals surface area contributed by atoms with Gasteiger partial charge in [-0.1, -0.05) is 0 Å². The molecular formula is C24H30BrN3O7. The molecule has 1 aromatic rings. The van der Waals surface area contributed by atoms with E-state index >= 15 is 0 Å². The van der Waals surface area contributed by atoms with Gasteiger partial charge >= 0.3 is 12.1 Å². The highest BCUT2D eigenvalue weighted by molar-refractivity contribution is 9.10. The number of carbonyl (C=O) groups is 4. The van der Waals surface area contributed by atoms with Gasteiger partial charge in [0.05, 0.1) is 18.7 Å². The fourth-order valence-electron chi connectivity index (χ4n) is 5.19. The van der Waals surface area contributed by atoms with Gasteiger partial charge in [-0.2, -0.15) is 0 Å². The molecule has 11 heteroatoms. The Kier molecular flexibility index (Phi) is 6.50. The molecule has 1 saturated heterocycles. The van der Waals surface area contributed by atoms with Gasteiger partial charge in [-0.15, -0.1) is 0 Å². The Bertz CT molecular complexity index is 1090. The number of rotatable bonds is 5. The quantitative estimate of drug-likeness (QED) is 0.536. The van der Waals surface area contributed by atoms with Crippen LogP contribution in [0.4, 0.5) is 4.79 Å². The molecule has 0 radical (unpaired) electrons. The molecule has 3 aliphatic heterocycles. The molecule has 0 bridgehead atoms. The first kappa shape index (κ1) is 25.3. The van der Waals surface area contributed by atoms with Crippen molar-refractivity contribution in [3.63, 3.8) is 0 Å². The maximum absolute atomic E-state index is 13.4. The van der Waals surface area contributed by atoms with Crippen molar-refractivity contribution >= 4 is 39.8 Å². The summed E-state index contributed by atoms with van der Waals surface area (Å²) < 4.78 is 12.0. The molecule has 0 unspecified atom stereocenters. The Morgan fingerprint density at radius 1 is 1.29 bits per heavy atom. The molecule has 3 aliphatic rings. The van der Waals surface area contributed by atoms with Crippen LogP contribution >= 0.6 is 15.9 Å². The minimum Gasteiger partial charge on any atom is -0.492 e. The first-order chi connectivity index (χ1) is 16.3. The summed E-state index contributed by atoms with van der Waals surface area (Å²) in [7, 11) is 0. The number of fused-ring (bicyclic) bond motifs is 4. The second-order valence-corrected chi connectivity index (χ2v) is 11.3. The van der Waals surface area contributed by atoms with E-state index in [9.17, 15) is 24.3 Å². The summed E-state index contributed by atoms with van der Waals surface area (Å²) in [6.45, 7) is 6.63. The van der Waals surface area contributed by atoms with Crippen LogP contribution in [0.25, 0.3) is 0 Å².